The van der Waals surface area contributed by atoms with Gasteiger partial charge in [-0.1, -0.05) is 20.8 Å². The second-order valence-electron chi connectivity index (χ2n) is 6.38. The standard InChI is InChI=1S/C14H23N3O2/c1-14(2,3)13-10-9-16(4)7-5-11(10)17(15-13)8-6-12(18)19/h5-9H2,1-4H3,(H,18,19). The molecule has 0 aliphatic carbocycles. The Balaban J connectivity index is 2.38. The summed E-state index contributed by atoms with van der Waals surface area (Å²) in [6.45, 7) is 8.87. The Morgan fingerprint density at radius 2 is 2.11 bits per heavy atom. The lowest BCUT2D eigenvalue weighted by Crippen LogP contribution is -2.29. The molecule has 19 heavy (non-hydrogen) atoms. The molecule has 1 aromatic heterocycles. The number of aromatic nitrogens is 2. The Kier molecular flexibility index (Phi) is 3.67. The maximum atomic E-state index is 10.7. The summed E-state index contributed by atoms with van der Waals surface area (Å²) in [6, 6.07) is 0. The van der Waals surface area contributed by atoms with Crippen LogP contribution in [0, 0.1) is 0 Å². The van der Waals surface area contributed by atoms with Crippen molar-refractivity contribution in [1.29, 1.82) is 0 Å². The molecule has 106 valence electrons. The SMILES string of the molecule is CN1CCc2c(c(C(C)(C)C)nn2CCC(=O)O)C1. The molecule has 1 aromatic rings. The third-order valence-corrected chi connectivity index (χ3v) is 3.57. The molecule has 0 fully saturated rings. The first kappa shape index (κ1) is 14.1. The van der Waals surface area contributed by atoms with E-state index < -0.39 is 5.97 Å². The monoisotopic (exact) mass is 265 g/mol. The number of carboxylic acid groups (broad SMARTS) is 1. The second kappa shape index (κ2) is 4.96. The van der Waals surface area contributed by atoms with E-state index in [1.807, 2.05) is 4.68 Å². The fourth-order valence-electron chi connectivity index (χ4n) is 2.61. The van der Waals surface area contributed by atoms with Crippen LogP contribution in [0.15, 0.2) is 0 Å². The van der Waals surface area contributed by atoms with Crippen LogP contribution in [-0.4, -0.2) is 39.3 Å². The molecular weight excluding hydrogens is 242 g/mol. The number of carbonyl (C=O) groups is 1. The topological polar surface area (TPSA) is 58.4 Å². The van der Waals surface area contributed by atoms with Gasteiger partial charge in [0, 0.05) is 36.2 Å². The van der Waals surface area contributed by atoms with Crippen LogP contribution in [0.3, 0.4) is 0 Å². The number of fused-ring (bicyclic) bond motifs is 1. The van der Waals surface area contributed by atoms with Crippen molar-refractivity contribution in [3.8, 4) is 0 Å². The highest BCUT2D eigenvalue weighted by Crippen LogP contribution is 2.30. The molecule has 0 saturated heterocycles. The molecule has 1 aliphatic heterocycles. The van der Waals surface area contributed by atoms with Gasteiger partial charge in [-0.05, 0) is 7.05 Å². The highest BCUT2D eigenvalue weighted by atomic mass is 16.4. The zero-order valence-corrected chi connectivity index (χ0v) is 12.2. The van der Waals surface area contributed by atoms with E-state index in [0.29, 0.717) is 6.54 Å². The molecule has 0 unspecified atom stereocenters. The lowest BCUT2D eigenvalue weighted by atomic mass is 9.87. The predicted octanol–water partition coefficient (Wildman–Crippen LogP) is 1.64. The maximum Gasteiger partial charge on any atom is 0.305 e. The van der Waals surface area contributed by atoms with Crippen molar-refractivity contribution in [2.75, 3.05) is 13.6 Å². The number of aliphatic carboxylic acids is 1. The Labute approximate surface area is 114 Å². The summed E-state index contributed by atoms with van der Waals surface area (Å²) in [5.74, 6) is -0.769. The summed E-state index contributed by atoms with van der Waals surface area (Å²) in [6.07, 6.45) is 1.09. The molecule has 5 heteroatoms. The third-order valence-electron chi connectivity index (χ3n) is 3.57. The first-order chi connectivity index (χ1) is 8.79. The second-order valence-corrected chi connectivity index (χ2v) is 6.38. The van der Waals surface area contributed by atoms with Crippen molar-refractivity contribution in [1.82, 2.24) is 14.7 Å². The first-order valence-corrected chi connectivity index (χ1v) is 6.78. The smallest absolute Gasteiger partial charge is 0.305 e. The van der Waals surface area contributed by atoms with Gasteiger partial charge in [-0.3, -0.25) is 9.48 Å². The fourth-order valence-corrected chi connectivity index (χ4v) is 2.61. The average Bonchev–Trinajstić information content (AvgIpc) is 2.64. The molecule has 0 aromatic carbocycles. The van der Waals surface area contributed by atoms with Gasteiger partial charge in [0.05, 0.1) is 18.7 Å². The molecule has 0 radical (unpaired) electrons. The Morgan fingerprint density at radius 3 is 2.68 bits per heavy atom. The van der Waals surface area contributed by atoms with Crippen molar-refractivity contribution < 1.29 is 9.90 Å². The van der Waals surface area contributed by atoms with Crippen LogP contribution < -0.4 is 0 Å². The van der Waals surface area contributed by atoms with E-state index in [2.05, 4.69) is 32.7 Å². The Morgan fingerprint density at radius 1 is 1.42 bits per heavy atom. The van der Waals surface area contributed by atoms with Crippen molar-refractivity contribution in [2.45, 2.75) is 52.1 Å². The molecule has 1 aliphatic rings. The van der Waals surface area contributed by atoms with Crippen molar-refractivity contribution >= 4 is 5.97 Å². The zero-order chi connectivity index (χ0) is 14.2. The summed E-state index contributed by atoms with van der Waals surface area (Å²) in [7, 11) is 2.12. The third kappa shape index (κ3) is 2.97. The predicted molar refractivity (Wildman–Crippen MR) is 73.2 cm³/mol. The molecule has 2 rings (SSSR count). The van der Waals surface area contributed by atoms with E-state index in [1.165, 1.54) is 11.3 Å². The van der Waals surface area contributed by atoms with Gasteiger partial charge in [-0.2, -0.15) is 5.10 Å². The minimum absolute atomic E-state index is 0.00324. The highest BCUT2D eigenvalue weighted by Gasteiger charge is 2.29. The summed E-state index contributed by atoms with van der Waals surface area (Å²) < 4.78 is 1.91. The number of nitrogens with zero attached hydrogens (tertiary/aromatic N) is 3. The minimum atomic E-state index is -0.769. The quantitative estimate of drug-likeness (QED) is 0.902. The first-order valence-electron chi connectivity index (χ1n) is 6.78. The summed E-state index contributed by atoms with van der Waals surface area (Å²) in [5.41, 5.74) is 3.63. The van der Waals surface area contributed by atoms with Gasteiger partial charge in [-0.15, -0.1) is 0 Å². The highest BCUT2D eigenvalue weighted by molar-refractivity contribution is 5.66. The van der Waals surface area contributed by atoms with E-state index in [9.17, 15) is 4.79 Å². The van der Waals surface area contributed by atoms with E-state index in [4.69, 9.17) is 10.2 Å². The van der Waals surface area contributed by atoms with Gasteiger partial charge in [0.1, 0.15) is 0 Å². The zero-order valence-electron chi connectivity index (χ0n) is 12.2. The summed E-state index contributed by atoms with van der Waals surface area (Å²) in [5, 5.41) is 13.5. The lowest BCUT2D eigenvalue weighted by Gasteiger charge is -2.26. The molecule has 2 heterocycles. The number of aryl methyl sites for hydroxylation is 1. The van der Waals surface area contributed by atoms with Crippen LogP contribution in [0.25, 0.3) is 0 Å². The Hall–Kier alpha value is -1.36. The van der Waals surface area contributed by atoms with Crippen molar-refractivity contribution in [3.05, 3.63) is 17.0 Å². The van der Waals surface area contributed by atoms with Crippen LogP contribution in [0.4, 0.5) is 0 Å². The van der Waals surface area contributed by atoms with Gasteiger partial charge in [0.15, 0.2) is 0 Å². The number of hydrogen-bond donors (Lipinski definition) is 1. The number of likely N-dealkylation sites (N-methyl/N-ethyl adjacent to an activating group) is 1. The van der Waals surface area contributed by atoms with Crippen LogP contribution in [0.1, 0.15) is 44.1 Å². The largest absolute Gasteiger partial charge is 0.481 e. The molecule has 0 bridgehead atoms. The van der Waals surface area contributed by atoms with Crippen molar-refractivity contribution in [2.24, 2.45) is 0 Å². The van der Waals surface area contributed by atoms with Crippen LogP contribution in [0.5, 0.6) is 0 Å². The van der Waals surface area contributed by atoms with Crippen molar-refractivity contribution in [3.63, 3.8) is 0 Å². The van der Waals surface area contributed by atoms with E-state index in [1.54, 1.807) is 0 Å². The van der Waals surface area contributed by atoms with E-state index >= 15 is 0 Å². The molecule has 1 N–H and O–H groups in total. The van der Waals surface area contributed by atoms with Gasteiger partial charge < -0.3 is 10.0 Å². The van der Waals surface area contributed by atoms with Crippen LogP contribution in [-0.2, 0) is 29.7 Å². The fraction of sp³-hybridized carbons (Fsp3) is 0.714. The van der Waals surface area contributed by atoms with Gasteiger partial charge in [0.25, 0.3) is 0 Å². The number of rotatable bonds is 3. The lowest BCUT2D eigenvalue weighted by molar-refractivity contribution is -0.137. The van der Waals surface area contributed by atoms with Gasteiger partial charge in [-0.25, -0.2) is 0 Å². The number of carboxylic acids is 1. The van der Waals surface area contributed by atoms with Gasteiger partial charge >= 0.3 is 5.97 Å². The van der Waals surface area contributed by atoms with E-state index in [0.717, 1.165) is 25.2 Å². The number of hydrogen-bond acceptors (Lipinski definition) is 3. The molecule has 0 saturated carbocycles. The molecule has 0 spiro atoms. The van der Waals surface area contributed by atoms with Gasteiger partial charge in [0.2, 0.25) is 0 Å². The minimum Gasteiger partial charge on any atom is -0.481 e. The van der Waals surface area contributed by atoms with Crippen LogP contribution in [0.2, 0.25) is 0 Å². The summed E-state index contributed by atoms with van der Waals surface area (Å²) >= 11 is 0. The van der Waals surface area contributed by atoms with E-state index in [-0.39, 0.29) is 11.8 Å². The average molecular weight is 265 g/mol. The molecule has 5 nitrogen and oxygen atoms in total. The molecular formula is C14H23N3O2. The maximum absolute atomic E-state index is 10.7. The molecule has 0 atom stereocenters. The van der Waals surface area contributed by atoms with Crippen LogP contribution >= 0.6 is 0 Å². The normalized spacial score (nSPS) is 16.4. The summed E-state index contributed by atoms with van der Waals surface area (Å²) in [4.78, 5) is 13.0. The Bertz CT molecular complexity index is 486. The molecule has 0 amide bonds.